The van der Waals surface area contributed by atoms with Crippen LogP contribution in [-0.2, 0) is 0 Å². The Kier molecular flexibility index (Phi) is 6.57. The third-order valence-electron chi connectivity index (χ3n) is 2.73. The normalized spacial score (nSPS) is 9.96. The zero-order valence-corrected chi connectivity index (χ0v) is 16.7. The number of carbonyl (C=O) groups is 2. The lowest BCUT2D eigenvalue weighted by Crippen LogP contribution is -2.48. The van der Waals surface area contributed by atoms with Crippen LogP contribution in [0.2, 0.25) is 0 Å². The van der Waals surface area contributed by atoms with Crippen molar-refractivity contribution in [2.75, 3.05) is 7.11 Å². The summed E-state index contributed by atoms with van der Waals surface area (Å²) in [6.07, 6.45) is 0. The number of halogens is 2. The highest BCUT2D eigenvalue weighted by atomic mass is 127. The summed E-state index contributed by atoms with van der Waals surface area (Å²) >= 11 is 10.1. The van der Waals surface area contributed by atoms with Crippen molar-refractivity contribution in [2.24, 2.45) is 0 Å². The van der Waals surface area contributed by atoms with Crippen LogP contribution in [0.25, 0.3) is 0 Å². The van der Waals surface area contributed by atoms with Gasteiger partial charge in [0.1, 0.15) is 5.75 Å². The maximum absolute atomic E-state index is 12.0. The van der Waals surface area contributed by atoms with Gasteiger partial charge in [-0.25, -0.2) is 0 Å². The monoisotopic (exact) mass is 523 g/mol. The molecule has 1 heterocycles. The van der Waals surface area contributed by atoms with Gasteiger partial charge < -0.3 is 9.15 Å². The second kappa shape index (κ2) is 8.44. The lowest BCUT2D eigenvalue weighted by molar-refractivity contribution is 0.0926. The second-order valence-corrected chi connectivity index (χ2v) is 6.67. The topological polar surface area (TPSA) is 92.6 Å². The minimum absolute atomic E-state index is 0.0657. The van der Waals surface area contributed by atoms with Crippen molar-refractivity contribution in [3.8, 4) is 5.75 Å². The van der Waals surface area contributed by atoms with E-state index in [1.807, 2.05) is 0 Å². The summed E-state index contributed by atoms with van der Waals surface area (Å²) in [5.41, 5.74) is 5.26. The molecule has 0 saturated heterocycles. The molecule has 2 amide bonds. The van der Waals surface area contributed by atoms with Crippen LogP contribution in [0.15, 0.2) is 39.4 Å². The van der Waals surface area contributed by atoms with E-state index in [2.05, 4.69) is 54.7 Å². The van der Waals surface area contributed by atoms with Crippen LogP contribution in [0.3, 0.4) is 0 Å². The zero-order valence-electron chi connectivity index (χ0n) is 12.2. The molecule has 24 heavy (non-hydrogen) atoms. The van der Waals surface area contributed by atoms with Gasteiger partial charge in [0.2, 0.25) is 0 Å². The Morgan fingerprint density at radius 3 is 2.54 bits per heavy atom. The number of methoxy groups -OCH3 is 1. The minimum atomic E-state index is -0.536. The third-order valence-corrected chi connectivity index (χ3v) is 4.20. The van der Waals surface area contributed by atoms with Crippen molar-refractivity contribution in [3.63, 3.8) is 0 Å². The van der Waals surface area contributed by atoms with Crippen LogP contribution in [0.1, 0.15) is 20.9 Å². The molecule has 0 aliphatic carbocycles. The molecule has 0 aliphatic heterocycles. The van der Waals surface area contributed by atoms with Crippen molar-refractivity contribution < 1.29 is 18.7 Å². The van der Waals surface area contributed by atoms with Gasteiger partial charge in [-0.15, -0.1) is 0 Å². The number of furan rings is 1. The predicted octanol–water partition coefficient (Wildman–Crippen LogP) is 2.60. The summed E-state index contributed by atoms with van der Waals surface area (Å²) in [7, 11) is 1.55. The maximum atomic E-state index is 12.0. The molecule has 0 aliphatic rings. The molecular formula is C14H11BrIN3O4S. The Morgan fingerprint density at radius 2 is 1.96 bits per heavy atom. The van der Waals surface area contributed by atoms with E-state index in [0.29, 0.717) is 16.0 Å². The number of nitrogens with one attached hydrogen (secondary N) is 3. The van der Waals surface area contributed by atoms with Crippen LogP contribution in [0.4, 0.5) is 0 Å². The number of rotatable bonds is 3. The van der Waals surface area contributed by atoms with Gasteiger partial charge in [0.15, 0.2) is 15.5 Å². The Labute approximate surface area is 164 Å². The molecule has 3 N–H and O–H groups in total. The van der Waals surface area contributed by atoms with Gasteiger partial charge in [-0.2, -0.15) is 0 Å². The van der Waals surface area contributed by atoms with Gasteiger partial charge in [-0.3, -0.25) is 25.8 Å². The van der Waals surface area contributed by atoms with Crippen LogP contribution in [0, 0.1) is 3.57 Å². The average molecular weight is 524 g/mol. The Morgan fingerprint density at radius 1 is 1.21 bits per heavy atom. The van der Waals surface area contributed by atoms with E-state index in [9.17, 15) is 9.59 Å². The van der Waals surface area contributed by atoms with Gasteiger partial charge in [-0.05, 0) is 81.1 Å². The number of benzene rings is 1. The van der Waals surface area contributed by atoms with Crippen LogP contribution >= 0.6 is 50.7 Å². The van der Waals surface area contributed by atoms with Crippen LogP contribution in [0.5, 0.6) is 5.75 Å². The van der Waals surface area contributed by atoms with Gasteiger partial charge >= 0.3 is 0 Å². The molecule has 126 valence electrons. The van der Waals surface area contributed by atoms with Gasteiger partial charge in [-0.1, -0.05) is 0 Å². The van der Waals surface area contributed by atoms with Crippen LogP contribution in [-0.4, -0.2) is 24.0 Å². The Bertz CT molecular complexity index is 796. The molecule has 0 spiro atoms. The first kappa shape index (κ1) is 18.7. The molecule has 1 aromatic heterocycles. The summed E-state index contributed by atoms with van der Waals surface area (Å²) in [6.45, 7) is 0. The van der Waals surface area contributed by atoms with E-state index in [0.717, 1.165) is 3.57 Å². The molecule has 2 rings (SSSR count). The van der Waals surface area contributed by atoms with Crippen molar-refractivity contribution in [3.05, 3.63) is 49.9 Å². The lowest BCUT2D eigenvalue weighted by atomic mass is 10.2. The van der Waals surface area contributed by atoms with Crippen molar-refractivity contribution in [1.82, 2.24) is 16.2 Å². The standard InChI is InChI=1S/C14H11BrIN3O4S/c1-22-9-3-2-7(6-8(9)16)12(20)18-19-14(24)17-13(21)10-4-5-11(15)23-10/h2-6H,1H3,(H,18,20)(H2,17,19,21,24). The third kappa shape index (κ3) is 4.92. The minimum Gasteiger partial charge on any atom is -0.496 e. The summed E-state index contributed by atoms with van der Waals surface area (Å²) in [5.74, 6) is -0.186. The Hall–Kier alpha value is -1.66. The van der Waals surface area contributed by atoms with E-state index < -0.39 is 11.8 Å². The SMILES string of the molecule is COc1ccc(C(=O)NNC(=S)NC(=O)c2ccc(Br)o2)cc1I. The number of thiocarbonyl (C=S) groups is 1. The Balaban J connectivity index is 1.88. The number of hydrazine groups is 1. The highest BCUT2D eigenvalue weighted by molar-refractivity contribution is 14.1. The molecule has 2 aromatic rings. The zero-order chi connectivity index (χ0) is 17.7. The number of carbonyl (C=O) groups excluding carboxylic acids is 2. The van der Waals surface area contributed by atoms with Crippen LogP contribution < -0.4 is 20.9 Å². The number of hydrogen-bond acceptors (Lipinski definition) is 5. The molecule has 1 aromatic carbocycles. The molecule has 7 nitrogen and oxygen atoms in total. The largest absolute Gasteiger partial charge is 0.496 e. The fourth-order valence-corrected chi connectivity index (χ4v) is 2.81. The van der Waals surface area contributed by atoms with Gasteiger partial charge in [0.05, 0.1) is 10.7 Å². The summed E-state index contributed by atoms with van der Waals surface area (Å²) in [5, 5.41) is 2.31. The summed E-state index contributed by atoms with van der Waals surface area (Å²) in [6, 6.07) is 8.03. The van der Waals surface area contributed by atoms with Gasteiger partial charge in [0, 0.05) is 5.56 Å². The second-order valence-electron chi connectivity index (χ2n) is 4.32. The highest BCUT2D eigenvalue weighted by Crippen LogP contribution is 2.21. The molecule has 0 atom stereocenters. The lowest BCUT2D eigenvalue weighted by Gasteiger charge is -2.11. The first-order valence-corrected chi connectivity index (χ1v) is 8.69. The summed E-state index contributed by atoms with van der Waals surface area (Å²) in [4.78, 5) is 23.9. The van der Waals surface area contributed by atoms with Gasteiger partial charge in [0.25, 0.3) is 11.8 Å². The fraction of sp³-hybridized carbons (Fsp3) is 0.0714. The van der Waals surface area contributed by atoms with Crippen molar-refractivity contribution in [2.45, 2.75) is 0 Å². The van der Waals surface area contributed by atoms with E-state index in [1.54, 1.807) is 31.4 Å². The highest BCUT2D eigenvalue weighted by Gasteiger charge is 2.13. The number of ether oxygens (including phenoxy) is 1. The summed E-state index contributed by atoms with van der Waals surface area (Å²) < 4.78 is 11.4. The smallest absolute Gasteiger partial charge is 0.293 e. The van der Waals surface area contributed by atoms with E-state index in [4.69, 9.17) is 21.4 Å². The molecule has 0 saturated carbocycles. The molecule has 0 bridgehead atoms. The number of amides is 2. The van der Waals surface area contributed by atoms with E-state index in [1.165, 1.54) is 6.07 Å². The molecule has 0 radical (unpaired) electrons. The maximum Gasteiger partial charge on any atom is 0.293 e. The first-order valence-electron chi connectivity index (χ1n) is 6.41. The van der Waals surface area contributed by atoms with Crippen molar-refractivity contribution in [1.29, 1.82) is 0 Å². The molecule has 0 fully saturated rings. The average Bonchev–Trinajstić information content (AvgIpc) is 2.99. The van der Waals surface area contributed by atoms with E-state index >= 15 is 0 Å². The van der Waals surface area contributed by atoms with Crippen molar-refractivity contribution >= 4 is 67.7 Å². The quantitative estimate of drug-likeness (QED) is 0.325. The predicted molar refractivity (Wildman–Crippen MR) is 103 cm³/mol. The fourth-order valence-electron chi connectivity index (χ4n) is 1.63. The first-order chi connectivity index (χ1) is 11.4. The number of hydrogen-bond donors (Lipinski definition) is 3. The molecule has 10 heteroatoms. The molecular weight excluding hydrogens is 513 g/mol. The molecule has 0 unspecified atom stereocenters. The van der Waals surface area contributed by atoms with E-state index in [-0.39, 0.29) is 10.9 Å².